The molecule has 76 valence electrons. The van der Waals surface area contributed by atoms with Gasteiger partial charge in [-0.3, -0.25) is 4.79 Å². The van der Waals surface area contributed by atoms with E-state index >= 15 is 0 Å². The molecular formula is C9H8BrClFNO. The summed E-state index contributed by atoms with van der Waals surface area (Å²) in [6, 6.07) is 2.96. The topological polar surface area (TPSA) is 29.1 Å². The molecule has 1 aromatic carbocycles. The number of benzene rings is 1. The molecule has 0 aliphatic heterocycles. The molecule has 14 heavy (non-hydrogen) atoms. The number of carbonyl (C=O) groups excluding carboxylic acids is 1. The minimum Gasteiger partial charge on any atom is -0.313 e. The third-order valence-electron chi connectivity index (χ3n) is 1.67. The molecule has 0 amide bonds. The average molecular weight is 281 g/mol. The Kier molecular flexibility index (Phi) is 4.04. The third kappa shape index (κ3) is 2.32. The fourth-order valence-corrected chi connectivity index (χ4v) is 1.47. The molecule has 0 aliphatic rings. The lowest BCUT2D eigenvalue weighted by molar-refractivity contribution is 0.0989. The molecule has 0 spiro atoms. The van der Waals surface area contributed by atoms with E-state index in [-0.39, 0.29) is 22.9 Å². The van der Waals surface area contributed by atoms with Crippen molar-refractivity contribution in [3.63, 3.8) is 0 Å². The molecule has 0 bridgehead atoms. The largest absolute Gasteiger partial charge is 0.313 e. The highest BCUT2D eigenvalue weighted by atomic mass is 79.9. The van der Waals surface area contributed by atoms with Crippen LogP contribution in [-0.4, -0.2) is 19.4 Å². The van der Waals surface area contributed by atoms with Crippen molar-refractivity contribution < 1.29 is 9.18 Å². The zero-order chi connectivity index (χ0) is 10.7. The van der Waals surface area contributed by atoms with Crippen LogP contribution in [0.4, 0.5) is 4.39 Å². The second-order valence-electron chi connectivity index (χ2n) is 2.68. The maximum absolute atomic E-state index is 13.4. The van der Waals surface area contributed by atoms with Crippen LogP contribution in [0.15, 0.2) is 16.6 Å². The highest BCUT2D eigenvalue weighted by Crippen LogP contribution is 2.27. The summed E-state index contributed by atoms with van der Waals surface area (Å²) < 4.78 is 13.9. The second kappa shape index (κ2) is 4.87. The summed E-state index contributed by atoms with van der Waals surface area (Å²) in [4.78, 5) is 11.4. The van der Waals surface area contributed by atoms with Crippen LogP contribution in [-0.2, 0) is 0 Å². The Hall–Kier alpha value is -0.450. The van der Waals surface area contributed by atoms with E-state index < -0.39 is 5.82 Å². The van der Waals surface area contributed by atoms with E-state index in [0.717, 1.165) is 0 Å². The van der Waals surface area contributed by atoms with Gasteiger partial charge < -0.3 is 5.32 Å². The van der Waals surface area contributed by atoms with Crippen molar-refractivity contribution in [2.24, 2.45) is 0 Å². The van der Waals surface area contributed by atoms with Gasteiger partial charge in [0.1, 0.15) is 0 Å². The predicted molar refractivity (Wildman–Crippen MR) is 57.4 cm³/mol. The zero-order valence-electron chi connectivity index (χ0n) is 7.40. The number of likely N-dealkylation sites (N-methyl/N-ethyl adjacent to an activating group) is 1. The van der Waals surface area contributed by atoms with E-state index in [1.807, 2.05) is 0 Å². The second-order valence-corrected chi connectivity index (χ2v) is 3.91. The number of nitrogens with one attached hydrogen (secondary N) is 1. The Balaban J connectivity index is 3.11. The third-order valence-corrected chi connectivity index (χ3v) is 2.93. The quantitative estimate of drug-likeness (QED) is 0.681. The number of carbonyl (C=O) groups is 1. The van der Waals surface area contributed by atoms with E-state index in [0.29, 0.717) is 4.47 Å². The molecule has 0 atom stereocenters. The number of rotatable bonds is 3. The lowest BCUT2D eigenvalue weighted by Crippen LogP contribution is -2.19. The van der Waals surface area contributed by atoms with Crippen LogP contribution >= 0.6 is 27.5 Å². The molecule has 2 nitrogen and oxygen atoms in total. The lowest BCUT2D eigenvalue weighted by Gasteiger charge is -2.04. The first-order valence-corrected chi connectivity index (χ1v) is 5.06. The number of ketones is 1. The Morgan fingerprint density at radius 1 is 1.64 bits per heavy atom. The molecule has 5 heteroatoms. The van der Waals surface area contributed by atoms with Gasteiger partial charge in [-0.1, -0.05) is 11.6 Å². The molecule has 0 saturated carbocycles. The van der Waals surface area contributed by atoms with E-state index in [4.69, 9.17) is 11.6 Å². The highest BCUT2D eigenvalue weighted by Gasteiger charge is 2.15. The molecule has 0 aromatic heterocycles. The van der Waals surface area contributed by atoms with E-state index in [2.05, 4.69) is 21.2 Å². The molecule has 1 N–H and O–H groups in total. The van der Waals surface area contributed by atoms with E-state index in [1.165, 1.54) is 6.07 Å². The summed E-state index contributed by atoms with van der Waals surface area (Å²) in [5, 5.41) is 2.59. The number of halogens is 3. The van der Waals surface area contributed by atoms with E-state index in [1.54, 1.807) is 13.1 Å². The average Bonchev–Trinajstić information content (AvgIpc) is 2.15. The van der Waals surface area contributed by atoms with Gasteiger partial charge in [-0.2, -0.15) is 0 Å². The summed E-state index contributed by atoms with van der Waals surface area (Å²) in [6.45, 7) is 0.0921. The van der Waals surface area contributed by atoms with E-state index in [9.17, 15) is 9.18 Å². The number of hydrogen-bond donors (Lipinski definition) is 1. The van der Waals surface area contributed by atoms with Gasteiger partial charge in [-0.25, -0.2) is 4.39 Å². The van der Waals surface area contributed by atoms with Crippen molar-refractivity contribution >= 4 is 33.3 Å². The predicted octanol–water partition coefficient (Wildman–Crippen LogP) is 2.64. The summed E-state index contributed by atoms with van der Waals surface area (Å²) in [7, 11) is 1.62. The summed E-state index contributed by atoms with van der Waals surface area (Å²) in [6.07, 6.45) is 0. The molecule has 0 saturated heterocycles. The maximum atomic E-state index is 13.4. The Bertz CT molecular complexity index is 370. The minimum absolute atomic E-state index is 0.00699. The van der Waals surface area contributed by atoms with Gasteiger partial charge in [0.05, 0.1) is 17.1 Å². The van der Waals surface area contributed by atoms with Crippen LogP contribution in [0.5, 0.6) is 0 Å². The fourth-order valence-electron chi connectivity index (χ4n) is 0.997. The monoisotopic (exact) mass is 279 g/mol. The first-order chi connectivity index (χ1) is 6.57. The van der Waals surface area contributed by atoms with Gasteiger partial charge in [0.15, 0.2) is 11.6 Å². The van der Waals surface area contributed by atoms with Gasteiger partial charge in [-0.15, -0.1) is 0 Å². The maximum Gasteiger partial charge on any atom is 0.179 e. The molecule has 0 fully saturated rings. The van der Waals surface area contributed by atoms with Crippen molar-refractivity contribution in [2.45, 2.75) is 0 Å². The number of hydrogen-bond acceptors (Lipinski definition) is 2. The van der Waals surface area contributed by atoms with Gasteiger partial charge in [0.2, 0.25) is 0 Å². The highest BCUT2D eigenvalue weighted by molar-refractivity contribution is 9.10. The first-order valence-electron chi connectivity index (χ1n) is 3.89. The zero-order valence-corrected chi connectivity index (χ0v) is 9.75. The minimum atomic E-state index is -0.679. The smallest absolute Gasteiger partial charge is 0.179 e. The van der Waals surface area contributed by atoms with Gasteiger partial charge in [0, 0.05) is 4.47 Å². The van der Waals surface area contributed by atoms with Crippen LogP contribution in [0.2, 0.25) is 5.02 Å². The van der Waals surface area contributed by atoms with Crippen molar-refractivity contribution in [1.29, 1.82) is 0 Å². The standard InChI is InChI=1S/C9H8BrClFNO/c1-13-4-7(14)5-2-3-6(10)8(11)9(5)12/h2-3,13H,4H2,1H3. The first kappa shape index (κ1) is 11.6. The Labute approximate surface area is 94.6 Å². The SMILES string of the molecule is CNCC(=O)c1ccc(Br)c(Cl)c1F. The van der Waals surface area contributed by atoms with Crippen molar-refractivity contribution in [3.05, 3.63) is 33.0 Å². The molecule has 0 aliphatic carbocycles. The lowest BCUT2D eigenvalue weighted by atomic mass is 10.1. The molecular weight excluding hydrogens is 272 g/mol. The molecule has 0 heterocycles. The van der Waals surface area contributed by atoms with Crippen LogP contribution < -0.4 is 5.32 Å². The fraction of sp³-hybridized carbons (Fsp3) is 0.222. The van der Waals surface area contributed by atoms with Crippen LogP contribution in [0.3, 0.4) is 0 Å². The van der Waals surface area contributed by atoms with Gasteiger partial charge in [-0.05, 0) is 35.1 Å². The molecule has 1 rings (SSSR count). The number of Topliss-reactive ketones (excluding diaryl/α,β-unsaturated/α-hetero) is 1. The summed E-state index contributed by atoms with van der Waals surface area (Å²) in [5.74, 6) is -0.999. The van der Waals surface area contributed by atoms with Crippen molar-refractivity contribution in [3.8, 4) is 0 Å². The molecule has 0 unspecified atom stereocenters. The molecule has 0 radical (unpaired) electrons. The Morgan fingerprint density at radius 3 is 2.86 bits per heavy atom. The van der Waals surface area contributed by atoms with Crippen molar-refractivity contribution in [1.82, 2.24) is 5.32 Å². The Morgan fingerprint density at radius 2 is 2.29 bits per heavy atom. The van der Waals surface area contributed by atoms with Gasteiger partial charge in [0.25, 0.3) is 0 Å². The van der Waals surface area contributed by atoms with Crippen LogP contribution in [0.1, 0.15) is 10.4 Å². The van der Waals surface area contributed by atoms with Crippen LogP contribution in [0.25, 0.3) is 0 Å². The summed E-state index contributed by atoms with van der Waals surface area (Å²) in [5.41, 5.74) is 0.00699. The normalized spacial score (nSPS) is 10.3. The van der Waals surface area contributed by atoms with Crippen LogP contribution in [0, 0.1) is 5.82 Å². The van der Waals surface area contributed by atoms with Gasteiger partial charge >= 0.3 is 0 Å². The summed E-state index contributed by atoms with van der Waals surface area (Å²) >= 11 is 8.70. The van der Waals surface area contributed by atoms with Crippen molar-refractivity contribution in [2.75, 3.05) is 13.6 Å². The molecule has 1 aromatic rings.